The zero-order valence-corrected chi connectivity index (χ0v) is 13.8. The van der Waals surface area contributed by atoms with Crippen molar-refractivity contribution in [1.29, 1.82) is 0 Å². The van der Waals surface area contributed by atoms with Gasteiger partial charge in [0.25, 0.3) is 0 Å². The number of benzene rings is 1. The van der Waals surface area contributed by atoms with Crippen molar-refractivity contribution in [2.24, 2.45) is 5.92 Å². The predicted octanol–water partition coefficient (Wildman–Crippen LogP) is 3.60. The Hall–Kier alpha value is -1.62. The molecule has 1 aromatic carbocycles. The van der Waals surface area contributed by atoms with Gasteiger partial charge in [-0.2, -0.15) is 0 Å². The molecule has 1 aromatic rings. The van der Waals surface area contributed by atoms with E-state index in [1.807, 2.05) is 13.0 Å². The Morgan fingerprint density at radius 3 is 2.71 bits per heavy atom. The molecule has 2 rings (SSSR count). The molecule has 1 N–H and O–H groups in total. The maximum Gasteiger partial charge on any atom is 0.167 e. The van der Waals surface area contributed by atoms with Gasteiger partial charge in [0, 0.05) is 28.8 Å². The molecule has 1 unspecified atom stereocenters. The zero-order valence-electron chi connectivity index (χ0n) is 12.2. The highest BCUT2D eigenvalue weighted by molar-refractivity contribution is 9.10. The van der Waals surface area contributed by atoms with Gasteiger partial charge in [-0.3, -0.25) is 4.79 Å². The summed E-state index contributed by atoms with van der Waals surface area (Å²) < 4.78 is 6.18. The van der Waals surface area contributed by atoms with Gasteiger partial charge in [0.05, 0.1) is 12.7 Å². The number of methoxy groups -OCH3 is 1. The van der Waals surface area contributed by atoms with Gasteiger partial charge in [-0.15, -0.1) is 0 Å². The van der Waals surface area contributed by atoms with Gasteiger partial charge in [-0.25, -0.2) is 0 Å². The first-order chi connectivity index (χ1) is 9.85. The summed E-state index contributed by atoms with van der Waals surface area (Å²) in [6.45, 7) is 3.32. The second kappa shape index (κ2) is 6.02. The van der Waals surface area contributed by atoms with Crippen LogP contribution in [0.25, 0.3) is 5.57 Å². The Bertz CT molecular complexity index is 646. The summed E-state index contributed by atoms with van der Waals surface area (Å²) in [4.78, 5) is 23.5. The van der Waals surface area contributed by atoms with E-state index in [9.17, 15) is 14.7 Å². The number of halogens is 1. The first-order valence-electron chi connectivity index (χ1n) is 6.65. The van der Waals surface area contributed by atoms with E-state index in [0.29, 0.717) is 11.3 Å². The van der Waals surface area contributed by atoms with Crippen LogP contribution in [0.1, 0.15) is 30.9 Å². The van der Waals surface area contributed by atoms with Crippen LogP contribution < -0.4 is 4.74 Å². The van der Waals surface area contributed by atoms with Gasteiger partial charge in [-0.05, 0) is 31.5 Å². The quantitative estimate of drug-likeness (QED) is 0.898. The molecular weight excluding hydrogens is 336 g/mol. The third-order valence-electron chi connectivity index (χ3n) is 3.62. The number of Topliss-reactive ketones (excluding diaryl/α,β-unsaturated/α-hetero) is 2. The lowest BCUT2D eigenvalue weighted by Gasteiger charge is -2.13. The molecule has 0 aromatic heterocycles. The van der Waals surface area contributed by atoms with E-state index in [2.05, 4.69) is 15.9 Å². The number of ketones is 2. The number of hydrogen-bond donors (Lipinski definition) is 1. The van der Waals surface area contributed by atoms with Gasteiger partial charge in [0.15, 0.2) is 5.78 Å². The number of ether oxygens (including phenoxy) is 1. The van der Waals surface area contributed by atoms with Crippen LogP contribution in [0.2, 0.25) is 0 Å². The fourth-order valence-corrected chi connectivity index (χ4v) is 3.30. The van der Waals surface area contributed by atoms with Crippen LogP contribution >= 0.6 is 15.9 Å². The average molecular weight is 353 g/mol. The second-order valence-corrected chi connectivity index (χ2v) is 6.21. The molecule has 0 aliphatic heterocycles. The molecule has 0 bridgehead atoms. The zero-order chi connectivity index (χ0) is 15.7. The van der Waals surface area contributed by atoms with Gasteiger partial charge < -0.3 is 14.6 Å². The van der Waals surface area contributed by atoms with Crippen molar-refractivity contribution in [1.82, 2.24) is 0 Å². The van der Waals surface area contributed by atoms with Gasteiger partial charge in [0.2, 0.25) is 0 Å². The number of aliphatic hydroxyl groups is 1. The molecule has 0 fully saturated rings. The molecular formula is C16H17BrO4. The highest BCUT2D eigenvalue weighted by atomic mass is 79.9. The largest absolute Gasteiger partial charge is 0.511 e. The van der Waals surface area contributed by atoms with E-state index in [1.165, 1.54) is 14.0 Å². The van der Waals surface area contributed by atoms with E-state index in [0.717, 1.165) is 10.0 Å². The van der Waals surface area contributed by atoms with Crippen molar-refractivity contribution in [2.45, 2.75) is 26.7 Å². The first kappa shape index (κ1) is 15.8. The van der Waals surface area contributed by atoms with Gasteiger partial charge >= 0.3 is 0 Å². The van der Waals surface area contributed by atoms with Crippen molar-refractivity contribution < 1.29 is 19.4 Å². The van der Waals surface area contributed by atoms with Crippen molar-refractivity contribution in [3.63, 3.8) is 0 Å². The molecule has 4 nitrogen and oxygen atoms in total. The summed E-state index contributed by atoms with van der Waals surface area (Å²) in [5.41, 5.74) is 1.72. The lowest BCUT2D eigenvalue weighted by Crippen LogP contribution is -2.05. The van der Waals surface area contributed by atoms with Crippen molar-refractivity contribution >= 4 is 33.1 Å². The topological polar surface area (TPSA) is 63.6 Å². The summed E-state index contributed by atoms with van der Waals surface area (Å²) in [7, 11) is 1.52. The van der Waals surface area contributed by atoms with Crippen LogP contribution in [0, 0.1) is 12.8 Å². The molecule has 21 heavy (non-hydrogen) atoms. The third kappa shape index (κ3) is 3.02. The Morgan fingerprint density at radius 2 is 2.14 bits per heavy atom. The van der Waals surface area contributed by atoms with Crippen molar-refractivity contribution in [3.05, 3.63) is 33.5 Å². The molecule has 0 spiro atoms. The maximum atomic E-state index is 12.3. The van der Waals surface area contributed by atoms with Crippen LogP contribution in [-0.4, -0.2) is 23.8 Å². The molecule has 1 aliphatic rings. The fourth-order valence-electron chi connectivity index (χ4n) is 2.75. The van der Waals surface area contributed by atoms with E-state index in [1.54, 1.807) is 6.07 Å². The maximum absolute atomic E-state index is 12.3. The Kier molecular flexibility index (Phi) is 4.52. The lowest BCUT2D eigenvalue weighted by atomic mass is 9.97. The Balaban J connectivity index is 2.57. The van der Waals surface area contributed by atoms with Crippen molar-refractivity contribution in [2.75, 3.05) is 7.11 Å². The highest BCUT2D eigenvalue weighted by Crippen LogP contribution is 2.41. The monoisotopic (exact) mass is 352 g/mol. The SMILES string of the molecule is COc1cc(Br)cc(C)c1C1=C(O)C(CC(C)=O)CC1=O. The fraction of sp³-hybridized carbons (Fsp3) is 0.375. The lowest BCUT2D eigenvalue weighted by molar-refractivity contribution is -0.118. The highest BCUT2D eigenvalue weighted by Gasteiger charge is 2.35. The van der Waals surface area contributed by atoms with Crippen LogP contribution in [0.4, 0.5) is 0 Å². The predicted molar refractivity (Wildman–Crippen MR) is 83.4 cm³/mol. The Morgan fingerprint density at radius 1 is 1.48 bits per heavy atom. The average Bonchev–Trinajstić information content (AvgIpc) is 2.64. The molecule has 5 heteroatoms. The minimum absolute atomic E-state index is 0.000998. The molecule has 112 valence electrons. The van der Waals surface area contributed by atoms with Gasteiger partial charge in [0.1, 0.15) is 17.3 Å². The van der Waals surface area contributed by atoms with E-state index < -0.39 is 5.92 Å². The summed E-state index contributed by atoms with van der Waals surface area (Å²) in [6, 6.07) is 3.62. The number of carbonyl (C=O) groups is 2. The molecule has 1 atom stereocenters. The van der Waals surface area contributed by atoms with Gasteiger partial charge in [-0.1, -0.05) is 15.9 Å². The molecule has 0 heterocycles. The summed E-state index contributed by atoms with van der Waals surface area (Å²) in [5, 5.41) is 10.4. The first-order valence-corrected chi connectivity index (χ1v) is 7.44. The minimum atomic E-state index is -0.419. The van der Waals surface area contributed by atoms with Crippen molar-refractivity contribution in [3.8, 4) is 5.75 Å². The van der Waals surface area contributed by atoms with E-state index >= 15 is 0 Å². The molecule has 0 amide bonds. The summed E-state index contributed by atoms with van der Waals surface area (Å²) in [6.07, 6.45) is 0.346. The number of aliphatic hydroxyl groups excluding tert-OH is 1. The standard InChI is InChI=1S/C16H17BrO4/c1-8-4-11(17)7-13(21-3)14(8)15-12(19)6-10(16(15)20)5-9(2)18/h4,7,10,20H,5-6H2,1-3H3. The van der Waals surface area contributed by atoms with E-state index in [4.69, 9.17) is 4.74 Å². The normalized spacial score (nSPS) is 18.3. The molecule has 1 aliphatic carbocycles. The number of hydrogen-bond acceptors (Lipinski definition) is 4. The number of carbonyl (C=O) groups excluding carboxylic acids is 2. The smallest absolute Gasteiger partial charge is 0.167 e. The number of allylic oxidation sites excluding steroid dienone is 2. The second-order valence-electron chi connectivity index (χ2n) is 5.29. The molecule has 0 radical (unpaired) electrons. The van der Waals surface area contributed by atoms with E-state index in [-0.39, 0.29) is 35.7 Å². The third-order valence-corrected chi connectivity index (χ3v) is 4.08. The summed E-state index contributed by atoms with van der Waals surface area (Å²) in [5.74, 6) is -0.0838. The molecule has 0 saturated heterocycles. The van der Waals surface area contributed by atoms with Crippen LogP contribution in [-0.2, 0) is 9.59 Å². The molecule has 0 saturated carbocycles. The summed E-state index contributed by atoms with van der Waals surface area (Å²) >= 11 is 3.38. The van der Waals surface area contributed by atoms with Crippen LogP contribution in [0.3, 0.4) is 0 Å². The number of aryl methyl sites for hydroxylation is 1. The van der Waals surface area contributed by atoms with Crippen LogP contribution in [0.5, 0.6) is 5.75 Å². The minimum Gasteiger partial charge on any atom is -0.511 e. The number of rotatable bonds is 4. The van der Waals surface area contributed by atoms with Crippen LogP contribution in [0.15, 0.2) is 22.4 Å². The Labute approximate surface area is 131 Å².